The van der Waals surface area contributed by atoms with E-state index < -0.39 is 23.5 Å². The standard InChI is InChI=1S/C9H15FO2/c1-5-6(9(2,3)4)7(10)8(11)12/h5-7H,1H2,2-4H3,(H,11,12)/t6-,7-/m1/s1. The van der Waals surface area contributed by atoms with Crippen molar-refractivity contribution in [2.75, 3.05) is 0 Å². The fourth-order valence-corrected chi connectivity index (χ4v) is 1.07. The van der Waals surface area contributed by atoms with Crippen LogP contribution in [-0.4, -0.2) is 17.2 Å². The van der Waals surface area contributed by atoms with Crippen molar-refractivity contribution in [2.45, 2.75) is 26.9 Å². The molecule has 0 saturated heterocycles. The normalized spacial score (nSPS) is 16.7. The van der Waals surface area contributed by atoms with Crippen molar-refractivity contribution in [3.8, 4) is 0 Å². The number of carboxylic acid groups (broad SMARTS) is 1. The minimum absolute atomic E-state index is 0.403. The number of alkyl halides is 1. The first-order chi connectivity index (χ1) is 5.30. The first-order valence-electron chi connectivity index (χ1n) is 3.80. The molecule has 70 valence electrons. The minimum Gasteiger partial charge on any atom is -0.479 e. The van der Waals surface area contributed by atoms with Gasteiger partial charge < -0.3 is 5.11 Å². The van der Waals surface area contributed by atoms with Gasteiger partial charge >= 0.3 is 5.97 Å². The summed E-state index contributed by atoms with van der Waals surface area (Å²) >= 11 is 0. The number of carboxylic acids is 1. The minimum atomic E-state index is -1.86. The summed E-state index contributed by atoms with van der Waals surface area (Å²) in [5.41, 5.74) is -0.403. The van der Waals surface area contributed by atoms with E-state index >= 15 is 0 Å². The van der Waals surface area contributed by atoms with Gasteiger partial charge in [-0.2, -0.15) is 0 Å². The van der Waals surface area contributed by atoms with E-state index in [1.807, 2.05) is 0 Å². The Morgan fingerprint density at radius 2 is 2.00 bits per heavy atom. The highest BCUT2D eigenvalue weighted by Gasteiger charge is 2.34. The molecule has 0 aliphatic carbocycles. The quantitative estimate of drug-likeness (QED) is 0.666. The van der Waals surface area contributed by atoms with Gasteiger partial charge in [0, 0.05) is 5.92 Å². The Morgan fingerprint density at radius 3 is 2.08 bits per heavy atom. The maximum Gasteiger partial charge on any atom is 0.338 e. The molecule has 0 aliphatic heterocycles. The molecule has 0 saturated carbocycles. The Morgan fingerprint density at radius 1 is 1.58 bits per heavy atom. The maximum absolute atomic E-state index is 13.0. The van der Waals surface area contributed by atoms with Gasteiger partial charge in [-0.15, -0.1) is 6.58 Å². The lowest BCUT2D eigenvalue weighted by Gasteiger charge is -2.28. The van der Waals surface area contributed by atoms with E-state index in [9.17, 15) is 9.18 Å². The van der Waals surface area contributed by atoms with Crippen molar-refractivity contribution < 1.29 is 14.3 Å². The van der Waals surface area contributed by atoms with Crippen LogP contribution in [0.3, 0.4) is 0 Å². The van der Waals surface area contributed by atoms with E-state index in [1.54, 1.807) is 20.8 Å². The summed E-state index contributed by atoms with van der Waals surface area (Å²) in [5.74, 6) is -2.06. The maximum atomic E-state index is 13.0. The lowest BCUT2D eigenvalue weighted by Crippen LogP contribution is -2.33. The molecule has 2 atom stereocenters. The molecule has 3 heteroatoms. The fourth-order valence-electron chi connectivity index (χ4n) is 1.07. The van der Waals surface area contributed by atoms with Crippen LogP contribution in [0.4, 0.5) is 4.39 Å². The zero-order valence-electron chi connectivity index (χ0n) is 7.67. The SMILES string of the molecule is C=C[C@H]([C@@H](F)C(=O)O)C(C)(C)C. The Bertz CT molecular complexity index is 181. The molecule has 0 aromatic heterocycles. The predicted molar refractivity (Wildman–Crippen MR) is 45.7 cm³/mol. The van der Waals surface area contributed by atoms with E-state index in [0.717, 1.165) is 0 Å². The summed E-state index contributed by atoms with van der Waals surface area (Å²) in [7, 11) is 0. The fraction of sp³-hybridized carbons (Fsp3) is 0.667. The number of hydrogen-bond acceptors (Lipinski definition) is 1. The highest BCUT2D eigenvalue weighted by molar-refractivity contribution is 5.73. The molecule has 0 aliphatic rings. The van der Waals surface area contributed by atoms with Gasteiger partial charge in [0.05, 0.1) is 0 Å². The summed E-state index contributed by atoms with van der Waals surface area (Å²) < 4.78 is 13.0. The van der Waals surface area contributed by atoms with Crippen LogP contribution < -0.4 is 0 Å². The molecule has 2 nitrogen and oxygen atoms in total. The molecule has 0 rings (SSSR count). The molecule has 0 aromatic rings. The molecular formula is C9H15FO2. The molecule has 0 amide bonds. The highest BCUT2D eigenvalue weighted by atomic mass is 19.1. The average Bonchev–Trinajstić information content (AvgIpc) is 1.85. The number of hydrogen-bond donors (Lipinski definition) is 1. The largest absolute Gasteiger partial charge is 0.479 e. The third-order valence-electron chi connectivity index (χ3n) is 1.81. The highest BCUT2D eigenvalue weighted by Crippen LogP contribution is 2.31. The molecule has 0 radical (unpaired) electrons. The topological polar surface area (TPSA) is 37.3 Å². The van der Waals surface area contributed by atoms with Gasteiger partial charge in [-0.1, -0.05) is 26.8 Å². The van der Waals surface area contributed by atoms with Crippen molar-refractivity contribution >= 4 is 5.97 Å². The van der Waals surface area contributed by atoms with Crippen LogP contribution in [0.5, 0.6) is 0 Å². The van der Waals surface area contributed by atoms with Crippen LogP contribution in [0.25, 0.3) is 0 Å². The van der Waals surface area contributed by atoms with E-state index in [-0.39, 0.29) is 0 Å². The molecule has 0 aromatic carbocycles. The van der Waals surface area contributed by atoms with E-state index in [4.69, 9.17) is 5.11 Å². The molecule has 0 bridgehead atoms. The molecule has 0 spiro atoms. The van der Waals surface area contributed by atoms with Gasteiger partial charge in [0.25, 0.3) is 0 Å². The van der Waals surface area contributed by atoms with Gasteiger partial charge in [0.2, 0.25) is 6.17 Å². The zero-order chi connectivity index (χ0) is 9.94. The summed E-state index contributed by atoms with van der Waals surface area (Å²) in [6.45, 7) is 8.79. The van der Waals surface area contributed by atoms with Crippen molar-refractivity contribution in [3.63, 3.8) is 0 Å². The Kier molecular flexibility index (Phi) is 3.43. The van der Waals surface area contributed by atoms with Crippen LogP contribution in [0.15, 0.2) is 12.7 Å². The second-order valence-electron chi connectivity index (χ2n) is 3.87. The Hall–Kier alpha value is -0.860. The van der Waals surface area contributed by atoms with Crippen molar-refractivity contribution in [3.05, 3.63) is 12.7 Å². The monoisotopic (exact) mass is 174 g/mol. The van der Waals surface area contributed by atoms with E-state index in [1.165, 1.54) is 6.08 Å². The predicted octanol–water partition coefficient (Wildman–Crippen LogP) is 2.26. The first kappa shape index (κ1) is 11.1. The van der Waals surface area contributed by atoms with Gasteiger partial charge in [-0.05, 0) is 5.41 Å². The second kappa shape index (κ2) is 3.70. The summed E-state index contributed by atoms with van der Waals surface area (Å²) in [6.07, 6.45) is -0.499. The van der Waals surface area contributed by atoms with Crippen LogP contribution >= 0.6 is 0 Å². The van der Waals surface area contributed by atoms with Crippen molar-refractivity contribution in [1.29, 1.82) is 0 Å². The summed E-state index contributed by atoms with van der Waals surface area (Å²) in [6, 6.07) is 0. The van der Waals surface area contributed by atoms with Crippen LogP contribution in [0.1, 0.15) is 20.8 Å². The molecule has 0 heterocycles. The number of carbonyl (C=O) groups is 1. The third-order valence-corrected chi connectivity index (χ3v) is 1.81. The molecular weight excluding hydrogens is 159 g/mol. The molecule has 1 N–H and O–H groups in total. The first-order valence-corrected chi connectivity index (χ1v) is 3.80. The lowest BCUT2D eigenvalue weighted by atomic mass is 9.78. The van der Waals surface area contributed by atoms with Crippen LogP contribution in [-0.2, 0) is 4.79 Å². The van der Waals surface area contributed by atoms with Gasteiger partial charge in [0.1, 0.15) is 0 Å². The van der Waals surface area contributed by atoms with Crippen LogP contribution in [0, 0.1) is 11.3 Å². The summed E-state index contributed by atoms with van der Waals surface area (Å²) in [4.78, 5) is 10.3. The second-order valence-corrected chi connectivity index (χ2v) is 3.87. The zero-order valence-corrected chi connectivity index (χ0v) is 7.67. The van der Waals surface area contributed by atoms with Crippen molar-refractivity contribution in [2.24, 2.45) is 11.3 Å². The third kappa shape index (κ3) is 2.64. The van der Waals surface area contributed by atoms with Gasteiger partial charge in [0.15, 0.2) is 0 Å². The average molecular weight is 174 g/mol. The van der Waals surface area contributed by atoms with E-state index in [0.29, 0.717) is 0 Å². The number of allylic oxidation sites excluding steroid dienone is 1. The van der Waals surface area contributed by atoms with Crippen LogP contribution in [0.2, 0.25) is 0 Å². The number of halogens is 1. The van der Waals surface area contributed by atoms with Crippen molar-refractivity contribution in [1.82, 2.24) is 0 Å². The van der Waals surface area contributed by atoms with E-state index in [2.05, 4.69) is 6.58 Å². The molecule has 12 heavy (non-hydrogen) atoms. The lowest BCUT2D eigenvalue weighted by molar-refractivity contribution is -0.145. The Balaban J connectivity index is 4.57. The number of aliphatic carboxylic acids is 1. The molecule has 0 fully saturated rings. The summed E-state index contributed by atoms with van der Waals surface area (Å²) in [5, 5.41) is 8.42. The van der Waals surface area contributed by atoms with Gasteiger partial charge in [-0.25, -0.2) is 9.18 Å². The number of rotatable bonds is 3. The smallest absolute Gasteiger partial charge is 0.338 e. The Labute approximate surface area is 72.1 Å². The van der Waals surface area contributed by atoms with Gasteiger partial charge in [-0.3, -0.25) is 0 Å². The molecule has 0 unspecified atom stereocenters.